The van der Waals surface area contributed by atoms with Crippen LogP contribution in [0, 0.1) is 0 Å². The Morgan fingerprint density at radius 2 is 1.83 bits per heavy atom. The van der Waals surface area contributed by atoms with E-state index in [1.54, 1.807) is 24.3 Å². The molecule has 162 valence electrons. The van der Waals surface area contributed by atoms with Crippen LogP contribution in [0.15, 0.2) is 48.5 Å². The third-order valence-electron chi connectivity index (χ3n) is 4.78. The van der Waals surface area contributed by atoms with E-state index in [0.29, 0.717) is 11.4 Å². The molecule has 1 atom stereocenters. The Balaban J connectivity index is 1.60. The number of carbonyl (C=O) groups is 1. The maximum Gasteiger partial charge on any atom is 0.263 e. The SMILES string of the molecule is CC(C)(C)c1ccccc1OCCNC(=O)[C@H]1CN(S(C)(=O)=O)c2ccccc2O1. The van der Waals surface area contributed by atoms with E-state index in [0.717, 1.165) is 17.6 Å². The third-order valence-corrected chi connectivity index (χ3v) is 5.93. The molecular weight excluding hydrogens is 404 g/mol. The number of hydrogen-bond donors (Lipinski definition) is 1. The van der Waals surface area contributed by atoms with Crippen molar-refractivity contribution < 1.29 is 22.7 Å². The van der Waals surface area contributed by atoms with Gasteiger partial charge in [-0.2, -0.15) is 0 Å². The number of nitrogens with one attached hydrogen (secondary N) is 1. The predicted octanol–water partition coefficient (Wildman–Crippen LogP) is 2.71. The molecule has 0 radical (unpaired) electrons. The second kappa shape index (κ2) is 8.55. The molecule has 0 aliphatic carbocycles. The van der Waals surface area contributed by atoms with Crippen molar-refractivity contribution in [3.8, 4) is 11.5 Å². The topological polar surface area (TPSA) is 84.9 Å². The third kappa shape index (κ3) is 5.05. The molecule has 0 aromatic heterocycles. The number of sulfonamides is 1. The zero-order chi connectivity index (χ0) is 21.9. The van der Waals surface area contributed by atoms with Gasteiger partial charge in [-0.05, 0) is 29.2 Å². The molecule has 1 N–H and O–H groups in total. The Hall–Kier alpha value is -2.74. The van der Waals surface area contributed by atoms with Crippen LogP contribution in [0.3, 0.4) is 0 Å². The van der Waals surface area contributed by atoms with Crippen molar-refractivity contribution in [2.24, 2.45) is 0 Å². The molecule has 30 heavy (non-hydrogen) atoms. The van der Waals surface area contributed by atoms with E-state index in [1.807, 2.05) is 24.3 Å². The Bertz CT molecular complexity index is 1010. The Kier molecular flexibility index (Phi) is 6.26. The monoisotopic (exact) mass is 432 g/mol. The van der Waals surface area contributed by atoms with Crippen LogP contribution in [-0.4, -0.2) is 46.4 Å². The minimum absolute atomic E-state index is 0.0573. The molecule has 0 fully saturated rings. The predicted molar refractivity (Wildman–Crippen MR) is 117 cm³/mol. The molecule has 0 spiro atoms. The molecule has 1 heterocycles. The van der Waals surface area contributed by atoms with Crippen LogP contribution in [-0.2, 0) is 20.2 Å². The van der Waals surface area contributed by atoms with Crippen molar-refractivity contribution in [2.45, 2.75) is 32.3 Å². The first-order chi connectivity index (χ1) is 14.1. The average molecular weight is 433 g/mol. The lowest BCUT2D eigenvalue weighted by molar-refractivity contribution is -0.127. The van der Waals surface area contributed by atoms with Crippen molar-refractivity contribution >= 4 is 21.6 Å². The van der Waals surface area contributed by atoms with Crippen molar-refractivity contribution in [1.29, 1.82) is 0 Å². The van der Waals surface area contributed by atoms with Gasteiger partial charge in [0.1, 0.15) is 18.1 Å². The fourth-order valence-corrected chi connectivity index (χ4v) is 4.23. The van der Waals surface area contributed by atoms with Crippen molar-refractivity contribution in [3.63, 3.8) is 0 Å². The van der Waals surface area contributed by atoms with Crippen LogP contribution in [0.25, 0.3) is 0 Å². The van der Waals surface area contributed by atoms with Gasteiger partial charge in [-0.3, -0.25) is 9.10 Å². The first kappa shape index (κ1) is 22.0. The van der Waals surface area contributed by atoms with Crippen molar-refractivity contribution in [1.82, 2.24) is 5.32 Å². The van der Waals surface area contributed by atoms with Gasteiger partial charge in [0.05, 0.1) is 25.0 Å². The highest BCUT2D eigenvalue weighted by Gasteiger charge is 2.34. The highest BCUT2D eigenvalue weighted by atomic mass is 32.2. The molecule has 2 aromatic carbocycles. The normalized spacial score (nSPS) is 16.4. The Labute approximate surface area is 178 Å². The minimum atomic E-state index is -3.54. The zero-order valence-corrected chi connectivity index (χ0v) is 18.5. The van der Waals surface area contributed by atoms with E-state index >= 15 is 0 Å². The van der Waals surface area contributed by atoms with Crippen molar-refractivity contribution in [3.05, 3.63) is 54.1 Å². The number of anilines is 1. The van der Waals surface area contributed by atoms with E-state index in [4.69, 9.17) is 9.47 Å². The maximum absolute atomic E-state index is 12.6. The number of benzene rings is 2. The van der Waals surface area contributed by atoms with E-state index in [-0.39, 0.29) is 31.0 Å². The van der Waals surface area contributed by atoms with Gasteiger partial charge >= 0.3 is 0 Å². The van der Waals surface area contributed by atoms with E-state index in [2.05, 4.69) is 26.1 Å². The molecule has 1 aliphatic heterocycles. The van der Waals surface area contributed by atoms with Gasteiger partial charge in [-0.15, -0.1) is 0 Å². The lowest BCUT2D eigenvalue weighted by atomic mass is 9.86. The maximum atomic E-state index is 12.6. The molecular formula is C22H28N2O5S. The highest BCUT2D eigenvalue weighted by Crippen LogP contribution is 2.34. The summed E-state index contributed by atoms with van der Waals surface area (Å²) in [5.41, 5.74) is 1.47. The summed E-state index contributed by atoms with van der Waals surface area (Å²) in [6.45, 7) is 6.83. The van der Waals surface area contributed by atoms with Gasteiger partial charge in [0.2, 0.25) is 10.0 Å². The quantitative estimate of drug-likeness (QED) is 0.710. The summed E-state index contributed by atoms with van der Waals surface area (Å²) in [5, 5.41) is 2.77. The van der Waals surface area contributed by atoms with E-state index in [9.17, 15) is 13.2 Å². The Morgan fingerprint density at radius 3 is 2.53 bits per heavy atom. The molecule has 1 amide bonds. The van der Waals surface area contributed by atoms with Crippen molar-refractivity contribution in [2.75, 3.05) is 30.3 Å². The number of ether oxygens (including phenoxy) is 2. The lowest BCUT2D eigenvalue weighted by Gasteiger charge is -2.33. The number of fused-ring (bicyclic) bond motifs is 1. The fraction of sp³-hybridized carbons (Fsp3) is 0.409. The molecule has 2 aromatic rings. The molecule has 0 saturated heterocycles. The van der Waals surface area contributed by atoms with Gasteiger partial charge in [-0.1, -0.05) is 51.1 Å². The molecule has 1 aliphatic rings. The second-order valence-electron chi connectivity index (χ2n) is 8.25. The lowest BCUT2D eigenvalue weighted by Crippen LogP contribution is -2.51. The summed E-state index contributed by atoms with van der Waals surface area (Å²) >= 11 is 0. The number of rotatable bonds is 6. The first-order valence-electron chi connectivity index (χ1n) is 9.81. The van der Waals surface area contributed by atoms with Gasteiger partial charge in [0, 0.05) is 0 Å². The average Bonchev–Trinajstić information content (AvgIpc) is 2.69. The summed E-state index contributed by atoms with van der Waals surface area (Å²) in [6, 6.07) is 14.6. The van der Waals surface area contributed by atoms with Gasteiger partial charge in [0.25, 0.3) is 5.91 Å². The highest BCUT2D eigenvalue weighted by molar-refractivity contribution is 7.92. The number of para-hydroxylation sites is 3. The summed E-state index contributed by atoms with van der Waals surface area (Å²) in [7, 11) is -3.54. The molecule has 8 heteroatoms. The second-order valence-corrected chi connectivity index (χ2v) is 10.2. The summed E-state index contributed by atoms with van der Waals surface area (Å²) in [5.74, 6) is 0.765. The first-order valence-corrected chi connectivity index (χ1v) is 11.7. The number of carbonyl (C=O) groups excluding carboxylic acids is 1. The molecule has 0 saturated carbocycles. The smallest absolute Gasteiger partial charge is 0.263 e. The van der Waals surface area contributed by atoms with Gasteiger partial charge in [-0.25, -0.2) is 8.42 Å². The zero-order valence-electron chi connectivity index (χ0n) is 17.7. The van der Waals surface area contributed by atoms with Crippen LogP contribution in [0.4, 0.5) is 5.69 Å². The van der Waals surface area contributed by atoms with Crippen LogP contribution >= 0.6 is 0 Å². The minimum Gasteiger partial charge on any atom is -0.491 e. The molecule has 7 nitrogen and oxygen atoms in total. The fourth-order valence-electron chi connectivity index (χ4n) is 3.31. The van der Waals surface area contributed by atoms with Gasteiger partial charge in [0.15, 0.2) is 6.10 Å². The van der Waals surface area contributed by atoms with Crippen LogP contribution in [0.1, 0.15) is 26.3 Å². The van der Waals surface area contributed by atoms with Crippen LogP contribution < -0.4 is 19.1 Å². The van der Waals surface area contributed by atoms with E-state index in [1.165, 1.54) is 4.31 Å². The van der Waals surface area contributed by atoms with Crippen LogP contribution in [0.5, 0.6) is 11.5 Å². The molecule has 3 rings (SSSR count). The van der Waals surface area contributed by atoms with Gasteiger partial charge < -0.3 is 14.8 Å². The molecule has 0 bridgehead atoms. The van der Waals surface area contributed by atoms with Crippen LogP contribution in [0.2, 0.25) is 0 Å². The van der Waals surface area contributed by atoms with E-state index < -0.39 is 16.1 Å². The standard InChI is InChI=1S/C22H28N2O5S/c1-22(2,3)16-9-5-7-11-18(16)28-14-13-23-21(25)20-15-24(30(4,26)27)17-10-6-8-12-19(17)29-20/h5-12,20H,13-15H2,1-4H3,(H,23,25)/t20-/m1/s1. The summed E-state index contributed by atoms with van der Waals surface area (Å²) in [4.78, 5) is 12.6. The number of hydrogen-bond acceptors (Lipinski definition) is 5. The largest absolute Gasteiger partial charge is 0.491 e. The summed E-state index contributed by atoms with van der Waals surface area (Å²) < 4.78 is 37.1. The number of amides is 1. The number of nitrogens with zero attached hydrogens (tertiary/aromatic N) is 1. The Morgan fingerprint density at radius 1 is 1.17 bits per heavy atom. The molecule has 0 unspecified atom stereocenters. The summed E-state index contributed by atoms with van der Waals surface area (Å²) in [6.07, 6.45) is 0.182.